The number of thioether (sulfide) groups is 1. The monoisotopic (exact) mass is 422 g/mol. The standard InChI is InChI=1S/C24H30N4OS/c1-5-6-10-22(29)25-19(4)23-26-27-24(28(23)21-13-11-17(2)12-14-21)30-16-20-9-7-8-18(3)15-20/h7-9,11-15,19H,5-6,10,16H2,1-4H3,(H,25,29)/t19-/m0/s1. The summed E-state index contributed by atoms with van der Waals surface area (Å²) in [6.07, 6.45) is 2.43. The molecule has 1 atom stereocenters. The predicted molar refractivity (Wildman–Crippen MR) is 123 cm³/mol. The third kappa shape index (κ3) is 5.72. The second kappa shape index (κ2) is 10.4. The molecule has 3 aromatic rings. The average molecular weight is 423 g/mol. The summed E-state index contributed by atoms with van der Waals surface area (Å²) >= 11 is 1.66. The summed E-state index contributed by atoms with van der Waals surface area (Å²) in [5, 5.41) is 12.8. The number of amides is 1. The molecule has 5 nitrogen and oxygen atoms in total. The van der Waals surface area contributed by atoms with Gasteiger partial charge in [-0.25, -0.2) is 0 Å². The van der Waals surface area contributed by atoms with Gasteiger partial charge in [0.05, 0.1) is 6.04 Å². The van der Waals surface area contributed by atoms with Gasteiger partial charge in [0.2, 0.25) is 5.91 Å². The van der Waals surface area contributed by atoms with Crippen molar-refractivity contribution in [3.05, 3.63) is 71.0 Å². The summed E-state index contributed by atoms with van der Waals surface area (Å²) in [5.74, 6) is 1.61. The van der Waals surface area contributed by atoms with E-state index in [1.807, 2.05) is 6.92 Å². The minimum atomic E-state index is -0.225. The predicted octanol–water partition coefficient (Wildman–Crippen LogP) is 5.54. The number of carbonyl (C=O) groups excluding carboxylic acids is 1. The maximum Gasteiger partial charge on any atom is 0.220 e. The molecule has 30 heavy (non-hydrogen) atoms. The van der Waals surface area contributed by atoms with Gasteiger partial charge >= 0.3 is 0 Å². The molecule has 3 rings (SSSR count). The van der Waals surface area contributed by atoms with Gasteiger partial charge in [-0.1, -0.05) is 72.6 Å². The Morgan fingerprint density at radius 3 is 2.57 bits per heavy atom. The van der Waals surface area contributed by atoms with Crippen molar-refractivity contribution in [2.75, 3.05) is 0 Å². The second-order valence-corrected chi connectivity index (χ2v) is 8.62. The van der Waals surface area contributed by atoms with Crippen molar-refractivity contribution in [3.63, 3.8) is 0 Å². The van der Waals surface area contributed by atoms with Crippen LogP contribution in [0.5, 0.6) is 0 Å². The van der Waals surface area contributed by atoms with Gasteiger partial charge in [0.25, 0.3) is 0 Å². The SMILES string of the molecule is CCCCC(=O)N[C@@H](C)c1nnc(SCc2cccc(C)c2)n1-c1ccc(C)cc1. The fraction of sp³-hybridized carbons (Fsp3) is 0.375. The van der Waals surface area contributed by atoms with Crippen LogP contribution in [0.4, 0.5) is 0 Å². The highest BCUT2D eigenvalue weighted by atomic mass is 32.2. The van der Waals surface area contributed by atoms with E-state index in [4.69, 9.17) is 0 Å². The normalized spacial score (nSPS) is 12.0. The molecule has 0 saturated heterocycles. The average Bonchev–Trinajstić information content (AvgIpc) is 3.15. The van der Waals surface area contributed by atoms with Crippen molar-refractivity contribution in [1.82, 2.24) is 20.1 Å². The molecule has 0 aliphatic rings. The lowest BCUT2D eigenvalue weighted by molar-refractivity contribution is -0.121. The van der Waals surface area contributed by atoms with Crippen LogP contribution < -0.4 is 5.32 Å². The minimum absolute atomic E-state index is 0.0526. The fourth-order valence-corrected chi connectivity index (χ4v) is 4.16. The maximum absolute atomic E-state index is 12.3. The van der Waals surface area contributed by atoms with Gasteiger partial charge < -0.3 is 5.32 Å². The van der Waals surface area contributed by atoms with Crippen molar-refractivity contribution >= 4 is 17.7 Å². The van der Waals surface area contributed by atoms with Crippen LogP contribution in [0.15, 0.2) is 53.7 Å². The number of hydrogen-bond donors (Lipinski definition) is 1. The molecular formula is C24H30N4OS. The first-order chi connectivity index (χ1) is 14.5. The smallest absolute Gasteiger partial charge is 0.220 e. The number of aromatic nitrogens is 3. The van der Waals surface area contributed by atoms with Crippen molar-refractivity contribution in [2.45, 2.75) is 63.9 Å². The van der Waals surface area contributed by atoms with Gasteiger partial charge in [-0.05, 0) is 44.9 Å². The van der Waals surface area contributed by atoms with Crippen molar-refractivity contribution in [1.29, 1.82) is 0 Å². The second-order valence-electron chi connectivity index (χ2n) is 7.68. The van der Waals surface area contributed by atoms with Gasteiger partial charge in [-0.2, -0.15) is 0 Å². The molecule has 1 aromatic heterocycles. The van der Waals surface area contributed by atoms with Gasteiger partial charge in [0, 0.05) is 17.9 Å². The van der Waals surface area contributed by atoms with Crippen molar-refractivity contribution in [2.24, 2.45) is 0 Å². The first-order valence-electron chi connectivity index (χ1n) is 10.5. The lowest BCUT2D eigenvalue weighted by Crippen LogP contribution is -2.28. The first-order valence-corrected chi connectivity index (χ1v) is 11.5. The molecule has 0 aliphatic heterocycles. The zero-order valence-electron chi connectivity index (χ0n) is 18.2. The highest BCUT2D eigenvalue weighted by Gasteiger charge is 2.21. The third-order valence-electron chi connectivity index (χ3n) is 4.92. The number of aryl methyl sites for hydroxylation is 2. The molecule has 0 radical (unpaired) electrons. The summed E-state index contributed by atoms with van der Waals surface area (Å²) in [7, 11) is 0. The number of carbonyl (C=O) groups is 1. The Morgan fingerprint density at radius 1 is 1.10 bits per heavy atom. The van der Waals surface area contributed by atoms with E-state index in [0.717, 1.165) is 35.3 Å². The van der Waals surface area contributed by atoms with Crippen LogP contribution in [0.1, 0.15) is 61.7 Å². The molecule has 6 heteroatoms. The van der Waals surface area contributed by atoms with E-state index in [9.17, 15) is 4.79 Å². The fourth-order valence-electron chi connectivity index (χ4n) is 3.26. The molecule has 2 aromatic carbocycles. The molecule has 1 heterocycles. The first kappa shape index (κ1) is 22.1. The van der Waals surface area contributed by atoms with Crippen LogP contribution in [0.3, 0.4) is 0 Å². The van der Waals surface area contributed by atoms with Gasteiger partial charge in [0.15, 0.2) is 11.0 Å². The van der Waals surface area contributed by atoms with E-state index in [1.165, 1.54) is 16.7 Å². The molecule has 0 unspecified atom stereocenters. The number of benzene rings is 2. The summed E-state index contributed by atoms with van der Waals surface area (Å²) in [6.45, 7) is 8.22. The Morgan fingerprint density at radius 2 is 1.87 bits per heavy atom. The van der Waals surface area contributed by atoms with E-state index in [2.05, 4.69) is 89.4 Å². The Labute approximate surface area is 183 Å². The van der Waals surface area contributed by atoms with Crippen LogP contribution in [0.25, 0.3) is 5.69 Å². The van der Waals surface area contributed by atoms with E-state index in [1.54, 1.807) is 11.8 Å². The van der Waals surface area contributed by atoms with E-state index in [-0.39, 0.29) is 11.9 Å². The molecule has 0 spiro atoms. The summed E-state index contributed by atoms with van der Waals surface area (Å²) < 4.78 is 2.06. The molecular weight excluding hydrogens is 392 g/mol. The zero-order valence-corrected chi connectivity index (χ0v) is 19.0. The Balaban J connectivity index is 1.87. The van der Waals surface area contributed by atoms with Gasteiger partial charge in [-0.3, -0.25) is 9.36 Å². The summed E-state index contributed by atoms with van der Waals surface area (Å²) in [4.78, 5) is 12.3. The molecule has 0 bridgehead atoms. The van der Waals surface area contributed by atoms with E-state index >= 15 is 0 Å². The molecule has 158 valence electrons. The topological polar surface area (TPSA) is 59.8 Å². The molecule has 1 N–H and O–H groups in total. The van der Waals surface area contributed by atoms with E-state index in [0.29, 0.717) is 6.42 Å². The van der Waals surface area contributed by atoms with Crippen LogP contribution in [0.2, 0.25) is 0 Å². The molecule has 0 saturated carbocycles. The van der Waals surface area contributed by atoms with Crippen molar-refractivity contribution < 1.29 is 4.79 Å². The highest BCUT2D eigenvalue weighted by molar-refractivity contribution is 7.98. The van der Waals surface area contributed by atoms with E-state index < -0.39 is 0 Å². The quantitative estimate of drug-likeness (QED) is 0.460. The lowest BCUT2D eigenvalue weighted by Gasteiger charge is -2.16. The van der Waals surface area contributed by atoms with Crippen LogP contribution >= 0.6 is 11.8 Å². The molecule has 0 fully saturated rings. The summed E-state index contributed by atoms with van der Waals surface area (Å²) in [5.41, 5.74) is 4.70. The molecule has 0 aliphatic carbocycles. The Kier molecular flexibility index (Phi) is 7.69. The van der Waals surface area contributed by atoms with Crippen molar-refractivity contribution in [3.8, 4) is 5.69 Å². The number of unbranched alkanes of at least 4 members (excludes halogenated alkanes) is 1. The third-order valence-corrected chi connectivity index (χ3v) is 5.92. The minimum Gasteiger partial charge on any atom is -0.346 e. The Bertz CT molecular complexity index is 981. The zero-order chi connectivity index (χ0) is 21.5. The van der Waals surface area contributed by atoms with Gasteiger partial charge in [0.1, 0.15) is 0 Å². The van der Waals surface area contributed by atoms with Crippen LogP contribution in [0, 0.1) is 13.8 Å². The maximum atomic E-state index is 12.3. The molecule has 1 amide bonds. The lowest BCUT2D eigenvalue weighted by atomic mass is 10.2. The van der Waals surface area contributed by atoms with Crippen LogP contribution in [-0.4, -0.2) is 20.7 Å². The van der Waals surface area contributed by atoms with Gasteiger partial charge in [-0.15, -0.1) is 10.2 Å². The number of nitrogens with one attached hydrogen (secondary N) is 1. The highest BCUT2D eigenvalue weighted by Crippen LogP contribution is 2.28. The van der Waals surface area contributed by atoms with Crippen LogP contribution in [-0.2, 0) is 10.5 Å². The summed E-state index contributed by atoms with van der Waals surface area (Å²) in [6, 6.07) is 16.6. The number of nitrogens with zero attached hydrogens (tertiary/aromatic N) is 3. The number of hydrogen-bond acceptors (Lipinski definition) is 4. The Hall–Kier alpha value is -2.60. The largest absolute Gasteiger partial charge is 0.346 e. The number of rotatable bonds is 9.